The van der Waals surface area contributed by atoms with Gasteiger partial charge in [-0.2, -0.15) is 0 Å². The number of carbonyl (C=O) groups is 1. The number of pyridine rings is 1. The fraction of sp³-hybridized carbons (Fsp3) is 0.250. The molecule has 3 nitrogen and oxygen atoms in total. The molecule has 98 valence electrons. The number of amides is 1. The zero-order valence-corrected chi connectivity index (χ0v) is 11.1. The van der Waals surface area contributed by atoms with Crippen molar-refractivity contribution in [1.82, 2.24) is 10.3 Å². The van der Waals surface area contributed by atoms with Crippen molar-refractivity contribution in [3.8, 4) is 0 Å². The lowest BCUT2D eigenvalue weighted by Gasteiger charge is -2.05. The minimum Gasteiger partial charge on any atom is -0.352 e. The molecule has 2 aromatic rings. The molecule has 0 atom stereocenters. The number of nitrogens with zero attached hydrogens (tertiary/aromatic N) is 1. The van der Waals surface area contributed by atoms with Crippen LogP contribution in [0.15, 0.2) is 48.8 Å². The van der Waals surface area contributed by atoms with Gasteiger partial charge in [-0.15, -0.1) is 0 Å². The van der Waals surface area contributed by atoms with E-state index in [-0.39, 0.29) is 5.91 Å². The van der Waals surface area contributed by atoms with Crippen LogP contribution in [0.2, 0.25) is 0 Å². The Labute approximate surface area is 113 Å². The highest BCUT2D eigenvalue weighted by Gasteiger charge is 2.03. The summed E-state index contributed by atoms with van der Waals surface area (Å²) in [5.41, 5.74) is 3.20. The first-order valence-electron chi connectivity index (χ1n) is 6.49. The van der Waals surface area contributed by atoms with Crippen LogP contribution in [0.25, 0.3) is 0 Å². The fourth-order valence-corrected chi connectivity index (χ4v) is 1.96. The smallest absolute Gasteiger partial charge is 0.252 e. The van der Waals surface area contributed by atoms with Gasteiger partial charge in [0.2, 0.25) is 0 Å². The number of hydrogen-bond donors (Lipinski definition) is 1. The predicted octanol–water partition coefficient (Wildman–Crippen LogP) is 2.75. The lowest BCUT2D eigenvalue weighted by molar-refractivity contribution is 0.0953. The summed E-state index contributed by atoms with van der Waals surface area (Å²) in [4.78, 5) is 15.7. The quantitative estimate of drug-likeness (QED) is 0.834. The summed E-state index contributed by atoms with van der Waals surface area (Å²) in [6, 6.07) is 12.0. The summed E-state index contributed by atoms with van der Waals surface area (Å²) in [5.74, 6) is -0.0580. The molecular formula is C16H18N2O. The van der Waals surface area contributed by atoms with Crippen LogP contribution in [0.4, 0.5) is 0 Å². The van der Waals surface area contributed by atoms with Crippen LogP contribution in [0.3, 0.4) is 0 Å². The molecule has 0 unspecified atom stereocenters. The third-order valence-electron chi connectivity index (χ3n) is 2.93. The Bertz CT molecular complexity index is 537. The molecule has 2 rings (SSSR count). The minimum absolute atomic E-state index is 0.0580. The van der Waals surface area contributed by atoms with Crippen LogP contribution >= 0.6 is 0 Å². The lowest BCUT2D eigenvalue weighted by Crippen LogP contribution is -2.24. The molecule has 0 saturated heterocycles. The van der Waals surface area contributed by atoms with E-state index in [1.165, 1.54) is 11.1 Å². The van der Waals surface area contributed by atoms with Crippen molar-refractivity contribution in [3.63, 3.8) is 0 Å². The van der Waals surface area contributed by atoms with Gasteiger partial charge < -0.3 is 5.32 Å². The number of aromatic nitrogens is 1. The van der Waals surface area contributed by atoms with Gasteiger partial charge in [0.1, 0.15) is 0 Å². The van der Waals surface area contributed by atoms with Crippen molar-refractivity contribution in [2.24, 2.45) is 0 Å². The summed E-state index contributed by atoms with van der Waals surface area (Å²) >= 11 is 0. The van der Waals surface area contributed by atoms with Crippen LogP contribution < -0.4 is 5.32 Å². The Morgan fingerprint density at radius 1 is 1.26 bits per heavy atom. The van der Waals surface area contributed by atoms with Gasteiger partial charge in [0, 0.05) is 18.9 Å². The maximum absolute atomic E-state index is 11.8. The van der Waals surface area contributed by atoms with Crippen LogP contribution in [0, 0.1) is 6.92 Å². The van der Waals surface area contributed by atoms with Gasteiger partial charge in [0.15, 0.2) is 0 Å². The highest BCUT2D eigenvalue weighted by Crippen LogP contribution is 2.06. The van der Waals surface area contributed by atoms with Gasteiger partial charge >= 0.3 is 0 Å². The summed E-state index contributed by atoms with van der Waals surface area (Å²) in [6.45, 7) is 2.77. The maximum atomic E-state index is 11.8. The predicted molar refractivity (Wildman–Crippen MR) is 76.1 cm³/mol. The number of nitrogens with one attached hydrogen (secondary N) is 1. The number of rotatable bonds is 5. The Morgan fingerprint density at radius 3 is 2.89 bits per heavy atom. The van der Waals surface area contributed by atoms with Crippen molar-refractivity contribution >= 4 is 5.91 Å². The van der Waals surface area contributed by atoms with Crippen molar-refractivity contribution in [2.45, 2.75) is 19.8 Å². The Kier molecular flexibility index (Phi) is 4.67. The molecule has 0 aliphatic heterocycles. The minimum atomic E-state index is -0.0580. The molecule has 0 aliphatic rings. The van der Waals surface area contributed by atoms with Gasteiger partial charge in [-0.3, -0.25) is 9.78 Å². The second-order valence-electron chi connectivity index (χ2n) is 4.59. The monoisotopic (exact) mass is 254 g/mol. The maximum Gasteiger partial charge on any atom is 0.252 e. The third-order valence-corrected chi connectivity index (χ3v) is 2.93. The summed E-state index contributed by atoms with van der Waals surface area (Å²) in [5, 5.41) is 2.90. The van der Waals surface area contributed by atoms with E-state index in [0.29, 0.717) is 12.1 Å². The van der Waals surface area contributed by atoms with E-state index in [2.05, 4.69) is 41.5 Å². The second kappa shape index (κ2) is 6.69. The molecule has 3 heteroatoms. The van der Waals surface area contributed by atoms with Gasteiger partial charge in [-0.1, -0.05) is 29.8 Å². The molecule has 1 amide bonds. The SMILES string of the molecule is Cc1cccc(CCCNC(=O)c2cccnc2)c1. The van der Waals surface area contributed by atoms with Crippen LogP contribution in [-0.2, 0) is 6.42 Å². The van der Waals surface area contributed by atoms with Crippen LogP contribution in [-0.4, -0.2) is 17.4 Å². The molecule has 0 aliphatic carbocycles. The largest absolute Gasteiger partial charge is 0.352 e. The average Bonchev–Trinajstić information content (AvgIpc) is 2.44. The molecule has 1 N–H and O–H groups in total. The number of carbonyl (C=O) groups excluding carboxylic acids is 1. The van der Waals surface area contributed by atoms with E-state index in [9.17, 15) is 4.79 Å². The summed E-state index contributed by atoms with van der Waals surface area (Å²) < 4.78 is 0. The zero-order valence-electron chi connectivity index (χ0n) is 11.1. The third kappa shape index (κ3) is 4.21. The molecular weight excluding hydrogens is 236 g/mol. The molecule has 19 heavy (non-hydrogen) atoms. The number of benzene rings is 1. The molecule has 0 saturated carbocycles. The van der Waals surface area contributed by atoms with Gasteiger partial charge in [-0.05, 0) is 37.5 Å². The van der Waals surface area contributed by atoms with E-state index in [4.69, 9.17) is 0 Å². The van der Waals surface area contributed by atoms with Crippen molar-refractivity contribution < 1.29 is 4.79 Å². The molecule has 0 radical (unpaired) electrons. The summed E-state index contributed by atoms with van der Waals surface area (Å²) in [7, 11) is 0. The summed E-state index contributed by atoms with van der Waals surface area (Å²) in [6.07, 6.45) is 5.16. The molecule has 0 bridgehead atoms. The number of aryl methyl sites for hydroxylation is 2. The first-order valence-corrected chi connectivity index (χ1v) is 6.49. The van der Waals surface area contributed by atoms with Crippen LogP contribution in [0.5, 0.6) is 0 Å². The Balaban J connectivity index is 1.74. The molecule has 0 spiro atoms. The fourth-order valence-electron chi connectivity index (χ4n) is 1.96. The van der Waals surface area contributed by atoms with Crippen molar-refractivity contribution in [3.05, 3.63) is 65.5 Å². The molecule has 0 fully saturated rings. The van der Waals surface area contributed by atoms with E-state index >= 15 is 0 Å². The van der Waals surface area contributed by atoms with Crippen LogP contribution in [0.1, 0.15) is 27.9 Å². The molecule has 1 heterocycles. The van der Waals surface area contributed by atoms with Gasteiger partial charge in [-0.25, -0.2) is 0 Å². The first kappa shape index (κ1) is 13.3. The zero-order chi connectivity index (χ0) is 13.5. The molecule has 1 aromatic carbocycles. The van der Waals surface area contributed by atoms with E-state index < -0.39 is 0 Å². The highest BCUT2D eigenvalue weighted by molar-refractivity contribution is 5.93. The van der Waals surface area contributed by atoms with E-state index in [1.54, 1.807) is 24.5 Å². The normalized spacial score (nSPS) is 10.2. The lowest BCUT2D eigenvalue weighted by atomic mass is 10.1. The number of hydrogen-bond acceptors (Lipinski definition) is 2. The average molecular weight is 254 g/mol. The topological polar surface area (TPSA) is 42.0 Å². The highest BCUT2D eigenvalue weighted by atomic mass is 16.1. The standard InChI is InChI=1S/C16H18N2O/c1-13-5-2-6-14(11-13)7-3-10-18-16(19)15-8-4-9-17-12-15/h2,4-6,8-9,11-12H,3,7,10H2,1H3,(H,18,19). The Morgan fingerprint density at radius 2 is 2.16 bits per heavy atom. The first-order chi connectivity index (χ1) is 9.25. The van der Waals surface area contributed by atoms with E-state index in [1.807, 2.05) is 0 Å². The second-order valence-corrected chi connectivity index (χ2v) is 4.59. The molecule has 1 aromatic heterocycles. The van der Waals surface area contributed by atoms with Gasteiger partial charge in [0.25, 0.3) is 5.91 Å². The Hall–Kier alpha value is -2.16. The van der Waals surface area contributed by atoms with Gasteiger partial charge in [0.05, 0.1) is 5.56 Å². The van der Waals surface area contributed by atoms with E-state index in [0.717, 1.165) is 12.8 Å². The van der Waals surface area contributed by atoms with Crippen molar-refractivity contribution in [1.29, 1.82) is 0 Å². The van der Waals surface area contributed by atoms with Crippen molar-refractivity contribution in [2.75, 3.05) is 6.54 Å².